The zero-order chi connectivity index (χ0) is 14.3. The summed E-state index contributed by atoms with van der Waals surface area (Å²) in [4.78, 5) is 22.7. The average molecular weight is 295 g/mol. The van der Waals surface area contributed by atoms with Crippen molar-refractivity contribution in [3.8, 4) is 0 Å². The molecule has 1 aliphatic carbocycles. The van der Waals surface area contributed by atoms with Gasteiger partial charge in [0, 0.05) is 31.0 Å². The highest BCUT2D eigenvalue weighted by Gasteiger charge is 2.39. The van der Waals surface area contributed by atoms with E-state index in [2.05, 4.69) is 15.3 Å². The highest BCUT2D eigenvalue weighted by atomic mass is 35.5. The molecule has 108 valence electrons. The molecule has 1 aromatic rings. The predicted molar refractivity (Wildman–Crippen MR) is 77.9 cm³/mol. The molecule has 1 amide bonds. The number of aromatic nitrogens is 2. The molecule has 0 aromatic carbocycles. The van der Waals surface area contributed by atoms with Crippen LogP contribution in [0.25, 0.3) is 0 Å². The minimum absolute atomic E-state index is 0.123. The lowest BCUT2D eigenvalue weighted by molar-refractivity contribution is -0.128. The van der Waals surface area contributed by atoms with Crippen LogP contribution in [-0.4, -0.2) is 39.4 Å². The first-order chi connectivity index (χ1) is 9.58. The maximum Gasteiger partial charge on any atom is 0.225 e. The van der Waals surface area contributed by atoms with E-state index in [1.165, 1.54) is 0 Å². The Balaban J connectivity index is 1.74. The number of carbonyl (C=O) groups is 1. The molecular weight excluding hydrogens is 276 g/mol. The standard InChI is InChI=1S/C14H19ClN4O/c1-3-11-17-13(15)8(2)14(18-11)16-9-6-12(20)19(7-9)10-4-5-10/h9-10H,3-7H2,1-2H3,(H,16,17,18). The second kappa shape index (κ2) is 5.20. The van der Waals surface area contributed by atoms with Gasteiger partial charge in [0.05, 0.1) is 6.04 Å². The fourth-order valence-electron chi connectivity index (χ4n) is 2.59. The van der Waals surface area contributed by atoms with Gasteiger partial charge in [0.25, 0.3) is 0 Å². The summed E-state index contributed by atoms with van der Waals surface area (Å²) < 4.78 is 0. The molecule has 2 aliphatic rings. The van der Waals surface area contributed by atoms with Crippen LogP contribution in [0.4, 0.5) is 5.82 Å². The minimum Gasteiger partial charge on any atom is -0.365 e. The van der Waals surface area contributed by atoms with Gasteiger partial charge in [-0.2, -0.15) is 0 Å². The Hall–Kier alpha value is -1.36. The minimum atomic E-state index is 0.123. The lowest BCUT2D eigenvalue weighted by Gasteiger charge is -2.18. The van der Waals surface area contributed by atoms with E-state index in [-0.39, 0.29) is 11.9 Å². The first-order valence-electron chi connectivity index (χ1n) is 7.17. The van der Waals surface area contributed by atoms with Crippen molar-refractivity contribution in [3.05, 3.63) is 16.5 Å². The number of hydrogen-bond acceptors (Lipinski definition) is 4. The quantitative estimate of drug-likeness (QED) is 0.865. The third kappa shape index (κ3) is 2.59. The van der Waals surface area contributed by atoms with E-state index < -0.39 is 0 Å². The Morgan fingerprint density at radius 3 is 2.80 bits per heavy atom. The molecule has 0 spiro atoms. The van der Waals surface area contributed by atoms with Gasteiger partial charge in [-0.25, -0.2) is 9.97 Å². The van der Waals surface area contributed by atoms with Crippen LogP contribution in [0.1, 0.15) is 37.6 Å². The maximum absolute atomic E-state index is 12.0. The largest absolute Gasteiger partial charge is 0.365 e. The van der Waals surface area contributed by atoms with E-state index >= 15 is 0 Å². The number of halogens is 1. The molecule has 0 bridgehead atoms. The van der Waals surface area contributed by atoms with Crippen LogP contribution in [0.5, 0.6) is 0 Å². The van der Waals surface area contributed by atoms with E-state index in [0.717, 1.165) is 43.0 Å². The van der Waals surface area contributed by atoms with Crippen LogP contribution in [0.15, 0.2) is 0 Å². The molecule has 2 fully saturated rings. The molecule has 0 radical (unpaired) electrons. The number of aryl methyl sites for hydroxylation is 1. The summed E-state index contributed by atoms with van der Waals surface area (Å²) in [5, 5.41) is 3.86. The molecule has 1 saturated heterocycles. The molecule has 1 saturated carbocycles. The van der Waals surface area contributed by atoms with E-state index in [1.807, 2.05) is 18.7 Å². The van der Waals surface area contributed by atoms with Crippen molar-refractivity contribution in [3.63, 3.8) is 0 Å². The summed E-state index contributed by atoms with van der Waals surface area (Å²) in [7, 11) is 0. The van der Waals surface area contributed by atoms with Gasteiger partial charge < -0.3 is 10.2 Å². The molecule has 1 aromatic heterocycles. The van der Waals surface area contributed by atoms with Crippen molar-refractivity contribution in [1.82, 2.24) is 14.9 Å². The van der Waals surface area contributed by atoms with Gasteiger partial charge in [0.1, 0.15) is 16.8 Å². The third-order valence-electron chi connectivity index (χ3n) is 3.94. The molecule has 2 heterocycles. The molecule has 20 heavy (non-hydrogen) atoms. The first-order valence-corrected chi connectivity index (χ1v) is 7.55. The summed E-state index contributed by atoms with van der Waals surface area (Å²) in [5.41, 5.74) is 0.848. The Bertz CT molecular complexity index is 544. The molecule has 1 unspecified atom stereocenters. The van der Waals surface area contributed by atoms with Gasteiger partial charge in [-0.05, 0) is 19.8 Å². The normalized spacial score (nSPS) is 22.4. The average Bonchev–Trinajstić information content (AvgIpc) is 3.19. The topological polar surface area (TPSA) is 58.1 Å². The van der Waals surface area contributed by atoms with E-state index in [9.17, 15) is 4.79 Å². The van der Waals surface area contributed by atoms with Crippen LogP contribution in [-0.2, 0) is 11.2 Å². The maximum atomic E-state index is 12.0. The zero-order valence-corrected chi connectivity index (χ0v) is 12.6. The predicted octanol–water partition coefficient (Wildman–Crippen LogP) is 2.18. The number of rotatable bonds is 4. The summed E-state index contributed by atoms with van der Waals surface area (Å²) >= 11 is 6.13. The molecule has 1 atom stereocenters. The lowest BCUT2D eigenvalue weighted by atomic mass is 10.2. The summed E-state index contributed by atoms with van der Waals surface area (Å²) in [6.07, 6.45) is 3.58. The number of nitrogens with one attached hydrogen (secondary N) is 1. The molecule has 5 nitrogen and oxygen atoms in total. The molecule has 3 rings (SSSR count). The fourth-order valence-corrected chi connectivity index (χ4v) is 2.78. The Morgan fingerprint density at radius 1 is 1.40 bits per heavy atom. The fraction of sp³-hybridized carbons (Fsp3) is 0.643. The van der Waals surface area contributed by atoms with Crippen molar-refractivity contribution in [2.24, 2.45) is 0 Å². The first kappa shape index (κ1) is 13.6. The van der Waals surface area contributed by atoms with Crippen molar-refractivity contribution in [2.45, 2.75) is 51.6 Å². The number of carbonyl (C=O) groups excluding carboxylic acids is 1. The highest BCUT2D eigenvalue weighted by molar-refractivity contribution is 6.30. The van der Waals surface area contributed by atoms with Gasteiger partial charge in [-0.1, -0.05) is 18.5 Å². The van der Waals surface area contributed by atoms with Crippen molar-refractivity contribution < 1.29 is 4.79 Å². The third-order valence-corrected chi connectivity index (χ3v) is 4.30. The van der Waals surface area contributed by atoms with E-state index in [4.69, 9.17) is 11.6 Å². The van der Waals surface area contributed by atoms with Crippen molar-refractivity contribution in [2.75, 3.05) is 11.9 Å². The Morgan fingerprint density at radius 2 is 2.15 bits per heavy atom. The smallest absolute Gasteiger partial charge is 0.225 e. The highest BCUT2D eigenvalue weighted by Crippen LogP contribution is 2.31. The van der Waals surface area contributed by atoms with E-state index in [0.29, 0.717) is 17.6 Å². The van der Waals surface area contributed by atoms with Crippen LogP contribution >= 0.6 is 11.6 Å². The second-order valence-corrected chi connectivity index (χ2v) is 5.94. The number of amides is 1. The lowest BCUT2D eigenvalue weighted by Crippen LogP contribution is -2.30. The summed E-state index contributed by atoms with van der Waals surface area (Å²) in [5.74, 6) is 1.74. The Kier molecular flexibility index (Phi) is 3.54. The molecular formula is C14H19ClN4O. The zero-order valence-electron chi connectivity index (χ0n) is 11.8. The van der Waals surface area contributed by atoms with Gasteiger partial charge in [0.15, 0.2) is 0 Å². The van der Waals surface area contributed by atoms with Gasteiger partial charge >= 0.3 is 0 Å². The summed E-state index contributed by atoms with van der Waals surface area (Å²) in [6, 6.07) is 0.605. The van der Waals surface area contributed by atoms with E-state index in [1.54, 1.807) is 0 Å². The number of likely N-dealkylation sites (tertiary alicyclic amines) is 1. The van der Waals surface area contributed by atoms with Crippen LogP contribution in [0.3, 0.4) is 0 Å². The molecule has 6 heteroatoms. The van der Waals surface area contributed by atoms with Crippen LogP contribution in [0.2, 0.25) is 5.15 Å². The van der Waals surface area contributed by atoms with Gasteiger partial charge in [0.2, 0.25) is 5.91 Å². The SMILES string of the molecule is CCc1nc(Cl)c(C)c(NC2CC(=O)N(C3CC3)C2)n1. The van der Waals surface area contributed by atoms with Gasteiger partial charge in [-0.3, -0.25) is 4.79 Å². The van der Waals surface area contributed by atoms with Crippen LogP contribution < -0.4 is 5.32 Å². The Labute approximate surface area is 123 Å². The molecule has 1 N–H and O–H groups in total. The second-order valence-electron chi connectivity index (χ2n) is 5.58. The van der Waals surface area contributed by atoms with Crippen molar-refractivity contribution in [1.29, 1.82) is 0 Å². The van der Waals surface area contributed by atoms with Crippen LogP contribution in [0, 0.1) is 6.92 Å². The molecule has 1 aliphatic heterocycles. The van der Waals surface area contributed by atoms with Gasteiger partial charge in [-0.15, -0.1) is 0 Å². The number of hydrogen-bond donors (Lipinski definition) is 1. The number of anilines is 1. The summed E-state index contributed by atoms with van der Waals surface area (Å²) in [6.45, 7) is 4.67. The monoisotopic (exact) mass is 294 g/mol. The number of nitrogens with zero attached hydrogens (tertiary/aromatic N) is 3. The van der Waals surface area contributed by atoms with Crippen molar-refractivity contribution >= 4 is 23.3 Å².